The first-order valence-corrected chi connectivity index (χ1v) is 9.03. The van der Waals surface area contributed by atoms with Crippen LogP contribution in [0, 0.1) is 6.92 Å². The van der Waals surface area contributed by atoms with Crippen molar-refractivity contribution in [3.8, 4) is 11.5 Å². The highest BCUT2D eigenvalue weighted by molar-refractivity contribution is 5.99. The molecule has 1 aromatic heterocycles. The number of hydrogen-bond donors (Lipinski definition) is 1. The van der Waals surface area contributed by atoms with Gasteiger partial charge in [0.25, 0.3) is 5.91 Å². The lowest BCUT2D eigenvalue weighted by Crippen LogP contribution is -2.46. The van der Waals surface area contributed by atoms with E-state index in [4.69, 9.17) is 15.2 Å². The first-order valence-electron chi connectivity index (χ1n) is 9.03. The third-order valence-electron chi connectivity index (χ3n) is 4.43. The van der Waals surface area contributed by atoms with Crippen LogP contribution in [-0.4, -0.2) is 30.1 Å². The summed E-state index contributed by atoms with van der Waals surface area (Å²) in [6.45, 7) is 5.14. The number of anilines is 2. The molecule has 2 heterocycles. The van der Waals surface area contributed by atoms with Gasteiger partial charge in [0.15, 0.2) is 17.7 Å². The SMILES string of the molecule is CCC1Oc2ccc(N)nc2N(CCCCOc2ccccc2C)C1=O. The number of aryl methyl sites for hydroxylation is 1. The molecule has 1 aliphatic rings. The number of unbranched alkanes of at least 4 members (excludes halogenated alkanes) is 1. The summed E-state index contributed by atoms with van der Waals surface area (Å²) in [5, 5.41) is 0. The fourth-order valence-corrected chi connectivity index (χ4v) is 2.96. The maximum absolute atomic E-state index is 12.6. The number of ether oxygens (including phenoxy) is 2. The number of nitrogens with zero attached hydrogens (tertiary/aromatic N) is 2. The molecule has 138 valence electrons. The molecular weight excluding hydrogens is 330 g/mol. The molecule has 6 nitrogen and oxygen atoms in total. The second-order valence-electron chi connectivity index (χ2n) is 6.38. The van der Waals surface area contributed by atoms with Gasteiger partial charge < -0.3 is 15.2 Å². The van der Waals surface area contributed by atoms with Crippen LogP contribution in [0.4, 0.5) is 11.6 Å². The zero-order chi connectivity index (χ0) is 18.5. The molecule has 1 amide bonds. The van der Waals surface area contributed by atoms with E-state index in [1.807, 2.05) is 38.1 Å². The van der Waals surface area contributed by atoms with Crippen LogP contribution in [0.1, 0.15) is 31.7 Å². The third kappa shape index (κ3) is 3.90. The minimum Gasteiger partial charge on any atom is -0.493 e. The summed E-state index contributed by atoms with van der Waals surface area (Å²) in [4.78, 5) is 18.6. The third-order valence-corrected chi connectivity index (χ3v) is 4.43. The molecule has 1 unspecified atom stereocenters. The van der Waals surface area contributed by atoms with E-state index < -0.39 is 6.10 Å². The number of rotatable bonds is 7. The fourth-order valence-electron chi connectivity index (χ4n) is 2.96. The van der Waals surface area contributed by atoms with Crippen molar-refractivity contribution in [1.82, 2.24) is 4.98 Å². The van der Waals surface area contributed by atoms with Gasteiger partial charge in [0.1, 0.15) is 11.6 Å². The maximum atomic E-state index is 12.6. The van der Waals surface area contributed by atoms with Gasteiger partial charge in [-0.05, 0) is 49.9 Å². The number of benzene rings is 1. The van der Waals surface area contributed by atoms with E-state index in [0.717, 1.165) is 24.2 Å². The first kappa shape index (κ1) is 18.0. The Morgan fingerprint density at radius 2 is 2.04 bits per heavy atom. The number of carbonyl (C=O) groups excluding carboxylic acids is 1. The van der Waals surface area contributed by atoms with Crippen molar-refractivity contribution in [2.75, 3.05) is 23.8 Å². The Morgan fingerprint density at radius 3 is 2.81 bits per heavy atom. The van der Waals surface area contributed by atoms with E-state index in [2.05, 4.69) is 4.98 Å². The Kier molecular flexibility index (Phi) is 5.61. The highest BCUT2D eigenvalue weighted by atomic mass is 16.5. The molecule has 0 fully saturated rings. The van der Waals surface area contributed by atoms with Crippen molar-refractivity contribution < 1.29 is 14.3 Å². The molecule has 0 radical (unpaired) electrons. The monoisotopic (exact) mass is 355 g/mol. The molecule has 26 heavy (non-hydrogen) atoms. The zero-order valence-electron chi connectivity index (χ0n) is 15.3. The van der Waals surface area contributed by atoms with Gasteiger partial charge in [0.2, 0.25) is 0 Å². The highest BCUT2D eigenvalue weighted by Crippen LogP contribution is 2.33. The highest BCUT2D eigenvalue weighted by Gasteiger charge is 2.34. The standard InChI is InChI=1S/C20H25N3O3/c1-3-15-20(24)23(19-17(26-15)10-11-18(21)22-19)12-6-7-13-25-16-9-5-4-8-14(16)2/h4-5,8-11,15H,3,6-7,12-13H2,1-2H3,(H2,21,22). The van der Waals surface area contributed by atoms with Crippen LogP contribution in [0.5, 0.6) is 11.5 Å². The van der Waals surface area contributed by atoms with Gasteiger partial charge in [0, 0.05) is 6.54 Å². The lowest BCUT2D eigenvalue weighted by molar-refractivity contribution is -0.126. The Morgan fingerprint density at radius 1 is 1.23 bits per heavy atom. The molecule has 0 spiro atoms. The molecule has 2 aromatic rings. The summed E-state index contributed by atoms with van der Waals surface area (Å²) < 4.78 is 11.6. The molecule has 0 saturated heterocycles. The van der Waals surface area contributed by atoms with E-state index in [0.29, 0.717) is 37.0 Å². The quantitative estimate of drug-likeness (QED) is 0.771. The minimum absolute atomic E-state index is 0.0575. The van der Waals surface area contributed by atoms with Gasteiger partial charge in [0.05, 0.1) is 6.61 Å². The summed E-state index contributed by atoms with van der Waals surface area (Å²) in [7, 11) is 0. The average molecular weight is 355 g/mol. The van der Waals surface area contributed by atoms with Crippen LogP contribution >= 0.6 is 0 Å². The largest absolute Gasteiger partial charge is 0.493 e. The molecule has 0 aliphatic carbocycles. The van der Waals surface area contributed by atoms with Gasteiger partial charge in [-0.2, -0.15) is 0 Å². The van der Waals surface area contributed by atoms with Crippen molar-refractivity contribution in [3.05, 3.63) is 42.0 Å². The smallest absolute Gasteiger partial charge is 0.269 e. The number of nitrogens with two attached hydrogens (primary N) is 1. The van der Waals surface area contributed by atoms with Crippen LogP contribution < -0.4 is 20.1 Å². The Bertz CT molecular complexity index is 779. The van der Waals surface area contributed by atoms with E-state index in [1.54, 1.807) is 17.0 Å². The molecule has 1 atom stereocenters. The average Bonchev–Trinajstić information content (AvgIpc) is 2.64. The van der Waals surface area contributed by atoms with Gasteiger partial charge in [-0.15, -0.1) is 0 Å². The number of pyridine rings is 1. The van der Waals surface area contributed by atoms with Crippen molar-refractivity contribution in [1.29, 1.82) is 0 Å². The number of amides is 1. The zero-order valence-corrected chi connectivity index (χ0v) is 15.3. The van der Waals surface area contributed by atoms with Crippen LogP contribution in [0.3, 0.4) is 0 Å². The topological polar surface area (TPSA) is 77.7 Å². The first-order chi connectivity index (χ1) is 12.6. The van der Waals surface area contributed by atoms with E-state index in [9.17, 15) is 4.79 Å². The van der Waals surface area contributed by atoms with Crippen molar-refractivity contribution in [3.63, 3.8) is 0 Å². The summed E-state index contributed by atoms with van der Waals surface area (Å²) in [5.41, 5.74) is 6.91. The number of nitrogen functional groups attached to an aromatic ring is 1. The van der Waals surface area contributed by atoms with Crippen molar-refractivity contribution >= 4 is 17.5 Å². The molecule has 0 saturated carbocycles. The van der Waals surface area contributed by atoms with Crippen LogP contribution in [-0.2, 0) is 4.79 Å². The van der Waals surface area contributed by atoms with Gasteiger partial charge in [-0.25, -0.2) is 4.98 Å². The molecular formula is C20H25N3O3. The Labute approximate surface area is 153 Å². The number of para-hydroxylation sites is 1. The summed E-state index contributed by atoms with van der Waals surface area (Å²) in [6.07, 6.45) is 1.81. The van der Waals surface area contributed by atoms with E-state index in [-0.39, 0.29) is 5.91 Å². The van der Waals surface area contributed by atoms with Crippen LogP contribution in [0.2, 0.25) is 0 Å². The maximum Gasteiger partial charge on any atom is 0.269 e. The predicted octanol–water partition coefficient (Wildman–Crippen LogP) is 3.34. The normalized spacial score (nSPS) is 16.2. The minimum atomic E-state index is -0.462. The van der Waals surface area contributed by atoms with Gasteiger partial charge in [-0.1, -0.05) is 25.1 Å². The number of fused-ring (bicyclic) bond motifs is 1. The summed E-state index contributed by atoms with van der Waals surface area (Å²) in [5.74, 6) is 2.35. The Hall–Kier alpha value is -2.76. The second-order valence-corrected chi connectivity index (χ2v) is 6.38. The molecule has 1 aliphatic heterocycles. The lowest BCUT2D eigenvalue weighted by atomic mass is 10.1. The van der Waals surface area contributed by atoms with E-state index >= 15 is 0 Å². The van der Waals surface area contributed by atoms with Crippen LogP contribution in [0.25, 0.3) is 0 Å². The molecule has 1 aromatic carbocycles. The second kappa shape index (κ2) is 8.08. The Balaban J connectivity index is 1.59. The van der Waals surface area contributed by atoms with Crippen molar-refractivity contribution in [2.45, 2.75) is 39.2 Å². The number of hydrogen-bond acceptors (Lipinski definition) is 5. The number of aromatic nitrogens is 1. The molecule has 0 bridgehead atoms. The van der Waals surface area contributed by atoms with Gasteiger partial charge >= 0.3 is 0 Å². The summed E-state index contributed by atoms with van der Waals surface area (Å²) in [6, 6.07) is 11.4. The lowest BCUT2D eigenvalue weighted by Gasteiger charge is -2.33. The fraction of sp³-hybridized carbons (Fsp3) is 0.400. The van der Waals surface area contributed by atoms with Crippen LogP contribution in [0.15, 0.2) is 36.4 Å². The molecule has 3 rings (SSSR count). The molecule has 2 N–H and O–H groups in total. The predicted molar refractivity (Wildman–Crippen MR) is 102 cm³/mol. The number of carbonyl (C=O) groups is 1. The van der Waals surface area contributed by atoms with Crippen molar-refractivity contribution in [2.24, 2.45) is 0 Å². The molecule has 6 heteroatoms. The summed E-state index contributed by atoms with van der Waals surface area (Å²) >= 11 is 0. The van der Waals surface area contributed by atoms with E-state index in [1.165, 1.54) is 0 Å². The van der Waals surface area contributed by atoms with Gasteiger partial charge in [-0.3, -0.25) is 9.69 Å².